The molecule has 1 N–H and O–H groups in total. The second-order valence-electron chi connectivity index (χ2n) is 5.91. The van der Waals surface area contributed by atoms with Gasteiger partial charge in [-0.1, -0.05) is 35.9 Å². The lowest BCUT2D eigenvalue weighted by atomic mass is 10.2. The van der Waals surface area contributed by atoms with Gasteiger partial charge in [0, 0.05) is 9.50 Å². The number of benzene rings is 3. The summed E-state index contributed by atoms with van der Waals surface area (Å²) >= 11 is 13.7. The zero-order valence-electron chi connectivity index (χ0n) is 14.8. The topological polar surface area (TPSA) is 50.7 Å². The van der Waals surface area contributed by atoms with Gasteiger partial charge in [-0.25, -0.2) is 5.43 Å². The predicted octanol–water partition coefficient (Wildman–Crippen LogP) is 6.65. The number of nitrogens with one attached hydrogen (secondary N) is 1. The fourth-order valence-electron chi connectivity index (χ4n) is 2.40. The largest absolute Gasteiger partial charge is 0.487 e. The fourth-order valence-corrected chi connectivity index (χ4v) is 5.12. The minimum atomic E-state index is -0.277. The van der Waals surface area contributed by atoms with Gasteiger partial charge in [0.1, 0.15) is 12.4 Å². The molecule has 1 amide bonds. The van der Waals surface area contributed by atoms with E-state index in [9.17, 15) is 4.79 Å². The molecule has 0 saturated heterocycles. The van der Waals surface area contributed by atoms with Gasteiger partial charge in [0.25, 0.3) is 5.91 Å². The number of halogens is 4. The van der Waals surface area contributed by atoms with Crippen molar-refractivity contribution >= 4 is 84.8 Å². The van der Waals surface area contributed by atoms with Gasteiger partial charge in [-0.15, -0.1) is 0 Å². The number of nitrogens with zero attached hydrogens (tertiary/aromatic N) is 1. The highest BCUT2D eigenvalue weighted by Gasteiger charge is 2.10. The van der Waals surface area contributed by atoms with Gasteiger partial charge < -0.3 is 4.74 Å². The van der Waals surface area contributed by atoms with Gasteiger partial charge >= 0.3 is 0 Å². The maximum Gasteiger partial charge on any atom is 0.272 e. The lowest BCUT2D eigenvalue weighted by Gasteiger charge is -2.11. The summed E-state index contributed by atoms with van der Waals surface area (Å²) in [4.78, 5) is 12.2. The number of carbonyl (C=O) groups excluding carboxylic acids is 1. The zero-order valence-corrected chi connectivity index (χ0v) is 21.5. The molecular formula is C21H14BrClI2N2O2. The molecule has 0 aliphatic rings. The lowest BCUT2D eigenvalue weighted by molar-refractivity contribution is 0.0954. The van der Waals surface area contributed by atoms with E-state index < -0.39 is 0 Å². The van der Waals surface area contributed by atoms with Crippen LogP contribution in [-0.4, -0.2) is 12.1 Å². The molecule has 0 aromatic heterocycles. The second-order valence-corrected chi connectivity index (χ2v) is 9.52. The molecule has 0 atom stereocenters. The highest BCUT2D eigenvalue weighted by molar-refractivity contribution is 14.1. The Morgan fingerprint density at radius 2 is 1.76 bits per heavy atom. The molecule has 0 aliphatic heterocycles. The van der Waals surface area contributed by atoms with E-state index in [1.54, 1.807) is 18.3 Å². The number of hydrazone groups is 1. The van der Waals surface area contributed by atoms with E-state index in [-0.39, 0.29) is 5.91 Å². The Labute approximate surface area is 209 Å². The molecule has 3 aromatic carbocycles. The van der Waals surface area contributed by atoms with Crippen molar-refractivity contribution in [2.75, 3.05) is 0 Å². The molecule has 0 aliphatic carbocycles. The molecule has 8 heteroatoms. The van der Waals surface area contributed by atoms with Crippen molar-refractivity contribution in [3.05, 3.63) is 94.0 Å². The number of rotatable bonds is 6. The molecular weight excluding hydrogens is 681 g/mol. The molecule has 0 saturated carbocycles. The van der Waals surface area contributed by atoms with Crippen LogP contribution >= 0.6 is 72.7 Å². The standard InChI is InChI=1S/C21H14BrClI2N2O2/c22-17-4-2-1-3-16(17)21(28)27-26-11-14-9-18(24)20(19(25)10-14)29-12-13-5-7-15(23)8-6-13/h1-11H,12H2,(H,27,28)/b26-11+. The number of hydrogen-bond acceptors (Lipinski definition) is 3. The first-order valence-electron chi connectivity index (χ1n) is 8.38. The van der Waals surface area contributed by atoms with Crippen LogP contribution in [0.4, 0.5) is 0 Å². The summed E-state index contributed by atoms with van der Waals surface area (Å²) in [7, 11) is 0. The molecule has 4 nitrogen and oxygen atoms in total. The maximum atomic E-state index is 12.2. The van der Waals surface area contributed by atoms with E-state index in [2.05, 4.69) is 71.6 Å². The molecule has 0 fully saturated rings. The molecule has 0 bridgehead atoms. The number of hydrogen-bond donors (Lipinski definition) is 1. The van der Waals surface area contributed by atoms with Gasteiger partial charge in [0.2, 0.25) is 0 Å². The third-order valence-electron chi connectivity index (χ3n) is 3.82. The third-order valence-corrected chi connectivity index (χ3v) is 6.36. The Bertz CT molecular complexity index is 1040. The minimum absolute atomic E-state index is 0.277. The zero-order chi connectivity index (χ0) is 20.8. The molecule has 29 heavy (non-hydrogen) atoms. The molecule has 3 rings (SSSR count). The smallest absolute Gasteiger partial charge is 0.272 e. The maximum absolute atomic E-state index is 12.2. The quantitative estimate of drug-likeness (QED) is 0.178. The Hall–Kier alpha value is -1.17. The van der Waals surface area contributed by atoms with Crippen LogP contribution < -0.4 is 10.2 Å². The first kappa shape index (κ1) is 22.5. The Morgan fingerprint density at radius 3 is 2.41 bits per heavy atom. The summed E-state index contributed by atoms with van der Waals surface area (Å²) in [5.41, 5.74) is 4.98. The fraction of sp³-hybridized carbons (Fsp3) is 0.0476. The van der Waals surface area contributed by atoms with Crippen LogP contribution in [-0.2, 0) is 6.61 Å². The van der Waals surface area contributed by atoms with Crippen molar-refractivity contribution < 1.29 is 9.53 Å². The first-order chi connectivity index (χ1) is 13.9. The normalized spacial score (nSPS) is 10.9. The summed E-state index contributed by atoms with van der Waals surface area (Å²) in [5, 5.41) is 4.77. The minimum Gasteiger partial charge on any atom is -0.487 e. The Balaban J connectivity index is 1.65. The second kappa shape index (κ2) is 10.7. The van der Waals surface area contributed by atoms with Gasteiger partial charge in [-0.3, -0.25) is 4.79 Å². The summed E-state index contributed by atoms with van der Waals surface area (Å²) in [6.45, 7) is 0.457. The van der Waals surface area contributed by atoms with Crippen molar-refractivity contribution in [2.24, 2.45) is 5.10 Å². The van der Waals surface area contributed by atoms with Crippen LogP contribution in [0.3, 0.4) is 0 Å². The van der Waals surface area contributed by atoms with E-state index in [1.165, 1.54) is 0 Å². The van der Waals surface area contributed by atoms with Crippen LogP contribution in [0, 0.1) is 7.14 Å². The molecule has 3 aromatic rings. The van der Waals surface area contributed by atoms with Gasteiger partial charge in [-0.2, -0.15) is 5.10 Å². The summed E-state index contributed by atoms with van der Waals surface area (Å²) < 4.78 is 8.63. The summed E-state index contributed by atoms with van der Waals surface area (Å²) in [6.07, 6.45) is 1.61. The highest BCUT2D eigenvalue weighted by Crippen LogP contribution is 2.29. The van der Waals surface area contributed by atoms with Crippen LogP contribution in [0.15, 0.2) is 70.2 Å². The van der Waals surface area contributed by atoms with Gasteiger partial charge in [-0.05, 0) is 109 Å². The molecule has 0 radical (unpaired) electrons. The van der Waals surface area contributed by atoms with Gasteiger partial charge in [0.05, 0.1) is 18.9 Å². The van der Waals surface area contributed by atoms with Crippen LogP contribution in [0.2, 0.25) is 5.02 Å². The molecule has 148 valence electrons. The third kappa shape index (κ3) is 6.40. The van der Waals surface area contributed by atoms with Crippen molar-refractivity contribution in [3.63, 3.8) is 0 Å². The van der Waals surface area contributed by atoms with E-state index in [0.29, 0.717) is 17.2 Å². The SMILES string of the molecule is O=C(N/N=C/c1cc(I)c(OCc2ccc(Cl)cc2)c(I)c1)c1ccccc1Br. The van der Waals surface area contributed by atoms with Crippen molar-refractivity contribution in [1.82, 2.24) is 5.43 Å². The Morgan fingerprint density at radius 1 is 1.10 bits per heavy atom. The van der Waals surface area contributed by atoms with Crippen LogP contribution in [0.5, 0.6) is 5.75 Å². The van der Waals surface area contributed by atoms with Crippen molar-refractivity contribution in [2.45, 2.75) is 6.61 Å². The van der Waals surface area contributed by atoms with E-state index in [4.69, 9.17) is 16.3 Å². The highest BCUT2D eigenvalue weighted by atomic mass is 127. The molecule has 0 heterocycles. The number of ether oxygens (including phenoxy) is 1. The van der Waals surface area contributed by atoms with Crippen molar-refractivity contribution in [3.8, 4) is 5.75 Å². The predicted molar refractivity (Wildman–Crippen MR) is 137 cm³/mol. The lowest BCUT2D eigenvalue weighted by Crippen LogP contribution is -2.18. The van der Waals surface area contributed by atoms with E-state index >= 15 is 0 Å². The monoisotopic (exact) mass is 694 g/mol. The van der Waals surface area contributed by atoms with Gasteiger partial charge in [0.15, 0.2) is 0 Å². The van der Waals surface area contributed by atoms with Crippen LogP contribution in [0.1, 0.15) is 21.5 Å². The average Bonchev–Trinajstić information content (AvgIpc) is 2.69. The average molecular weight is 696 g/mol. The first-order valence-corrected chi connectivity index (χ1v) is 11.7. The van der Waals surface area contributed by atoms with Crippen molar-refractivity contribution in [1.29, 1.82) is 0 Å². The number of carbonyl (C=O) groups is 1. The number of amides is 1. The summed E-state index contributed by atoms with van der Waals surface area (Å²) in [6, 6.07) is 18.7. The van der Waals surface area contributed by atoms with Crippen LogP contribution in [0.25, 0.3) is 0 Å². The van der Waals surface area contributed by atoms with E-state index in [0.717, 1.165) is 28.5 Å². The molecule has 0 unspecified atom stereocenters. The van der Waals surface area contributed by atoms with E-state index in [1.807, 2.05) is 48.5 Å². The molecule has 0 spiro atoms. The Kier molecular flexibility index (Phi) is 8.34. The summed E-state index contributed by atoms with van der Waals surface area (Å²) in [5.74, 6) is 0.539.